The van der Waals surface area contributed by atoms with Crippen LogP contribution in [0, 0.1) is 6.92 Å². The van der Waals surface area contributed by atoms with E-state index in [1.807, 2.05) is 6.92 Å². The molecule has 0 radical (unpaired) electrons. The van der Waals surface area contributed by atoms with Crippen molar-refractivity contribution in [3.05, 3.63) is 29.3 Å². The number of carbonyl (C=O) groups is 1. The maximum atomic E-state index is 10.8. The van der Waals surface area contributed by atoms with E-state index < -0.39 is 5.97 Å². The summed E-state index contributed by atoms with van der Waals surface area (Å²) in [5, 5.41) is 8.87. The predicted octanol–water partition coefficient (Wildman–Crippen LogP) is 2.64. The van der Waals surface area contributed by atoms with Crippen LogP contribution in [0.5, 0.6) is 5.75 Å². The van der Waals surface area contributed by atoms with E-state index in [9.17, 15) is 4.79 Å². The predicted molar refractivity (Wildman–Crippen MR) is 67.2 cm³/mol. The molecule has 2 rings (SSSR count). The van der Waals surface area contributed by atoms with Gasteiger partial charge in [0.15, 0.2) is 0 Å². The number of aryl methyl sites for hydroxylation is 1. The number of carboxylic acid groups (broad SMARTS) is 1. The molecule has 0 amide bonds. The quantitative estimate of drug-likeness (QED) is 0.892. The lowest BCUT2D eigenvalue weighted by Crippen LogP contribution is -2.25. The zero-order valence-electron chi connectivity index (χ0n) is 10.5. The minimum Gasteiger partial charge on any atom is -0.491 e. The van der Waals surface area contributed by atoms with Crippen molar-refractivity contribution in [2.45, 2.75) is 32.3 Å². The van der Waals surface area contributed by atoms with E-state index in [-0.39, 0.29) is 11.7 Å². The number of aromatic carboxylic acids is 1. The Morgan fingerprint density at radius 1 is 1.50 bits per heavy atom. The number of hydrogen-bond acceptors (Lipinski definition) is 3. The molecule has 0 saturated carbocycles. The van der Waals surface area contributed by atoms with Crippen molar-refractivity contribution in [2.24, 2.45) is 0 Å². The summed E-state index contributed by atoms with van der Waals surface area (Å²) >= 11 is 0. The summed E-state index contributed by atoms with van der Waals surface area (Å²) in [5.41, 5.74) is 1.12. The number of hydrogen-bond donors (Lipinski definition) is 1. The first-order valence-corrected chi connectivity index (χ1v) is 6.25. The molecule has 1 fully saturated rings. The Hall–Kier alpha value is -1.55. The molecule has 1 aromatic rings. The van der Waals surface area contributed by atoms with E-state index in [1.54, 1.807) is 18.2 Å². The van der Waals surface area contributed by atoms with Crippen molar-refractivity contribution in [1.82, 2.24) is 0 Å². The molecule has 1 heterocycles. The third kappa shape index (κ3) is 3.23. The maximum absolute atomic E-state index is 10.8. The Balaban J connectivity index is 1.94. The van der Waals surface area contributed by atoms with Crippen LogP contribution < -0.4 is 4.74 Å². The third-order valence-corrected chi connectivity index (χ3v) is 3.12. The highest BCUT2D eigenvalue weighted by atomic mass is 16.5. The molecule has 0 spiro atoms. The molecule has 1 aliphatic heterocycles. The molecule has 4 nitrogen and oxygen atoms in total. The highest BCUT2D eigenvalue weighted by Crippen LogP contribution is 2.21. The minimum atomic E-state index is -0.916. The van der Waals surface area contributed by atoms with E-state index in [0.29, 0.717) is 6.61 Å². The average molecular weight is 250 g/mol. The largest absolute Gasteiger partial charge is 0.491 e. The number of benzene rings is 1. The molecule has 4 heteroatoms. The van der Waals surface area contributed by atoms with Crippen LogP contribution in [0.15, 0.2) is 18.2 Å². The molecule has 18 heavy (non-hydrogen) atoms. The Morgan fingerprint density at radius 3 is 2.94 bits per heavy atom. The van der Waals surface area contributed by atoms with Crippen molar-refractivity contribution < 1.29 is 19.4 Å². The van der Waals surface area contributed by atoms with Crippen molar-refractivity contribution >= 4 is 5.97 Å². The SMILES string of the molecule is Cc1cc(C(=O)O)ccc1OCC1CCCCO1. The molecule has 98 valence electrons. The fourth-order valence-electron chi connectivity index (χ4n) is 2.07. The van der Waals surface area contributed by atoms with Gasteiger partial charge in [-0.15, -0.1) is 0 Å². The smallest absolute Gasteiger partial charge is 0.335 e. The lowest BCUT2D eigenvalue weighted by atomic mass is 10.1. The van der Waals surface area contributed by atoms with Gasteiger partial charge >= 0.3 is 5.97 Å². The molecule has 1 aromatic carbocycles. The lowest BCUT2D eigenvalue weighted by molar-refractivity contribution is -0.0111. The molecule has 0 aromatic heterocycles. The van der Waals surface area contributed by atoms with Gasteiger partial charge in [-0.25, -0.2) is 4.79 Å². The van der Waals surface area contributed by atoms with Gasteiger partial charge in [-0.05, 0) is 49.9 Å². The van der Waals surface area contributed by atoms with Gasteiger partial charge in [-0.3, -0.25) is 0 Å². The second-order valence-electron chi connectivity index (χ2n) is 4.59. The zero-order valence-corrected chi connectivity index (χ0v) is 10.5. The van der Waals surface area contributed by atoms with Crippen molar-refractivity contribution in [1.29, 1.82) is 0 Å². The van der Waals surface area contributed by atoms with Gasteiger partial charge < -0.3 is 14.6 Å². The molecule has 0 aliphatic carbocycles. The van der Waals surface area contributed by atoms with Crippen LogP contribution in [-0.2, 0) is 4.74 Å². The van der Waals surface area contributed by atoms with Gasteiger partial charge in [0.1, 0.15) is 12.4 Å². The standard InChI is InChI=1S/C14H18O4/c1-10-8-11(14(15)16)5-6-13(10)18-9-12-4-2-3-7-17-12/h5-6,8,12H,2-4,7,9H2,1H3,(H,15,16). The fourth-order valence-corrected chi connectivity index (χ4v) is 2.07. The van der Waals surface area contributed by atoms with Gasteiger partial charge in [0, 0.05) is 6.61 Å². The van der Waals surface area contributed by atoms with Gasteiger partial charge in [0.25, 0.3) is 0 Å². The van der Waals surface area contributed by atoms with Gasteiger partial charge in [0.2, 0.25) is 0 Å². The molecular weight excluding hydrogens is 232 g/mol. The maximum Gasteiger partial charge on any atom is 0.335 e. The highest BCUT2D eigenvalue weighted by Gasteiger charge is 2.15. The van der Waals surface area contributed by atoms with Gasteiger partial charge in [-0.2, -0.15) is 0 Å². The van der Waals surface area contributed by atoms with Crippen molar-refractivity contribution in [3.8, 4) is 5.75 Å². The van der Waals surface area contributed by atoms with E-state index in [1.165, 1.54) is 6.42 Å². The van der Waals surface area contributed by atoms with Crippen molar-refractivity contribution in [2.75, 3.05) is 13.2 Å². The zero-order chi connectivity index (χ0) is 13.0. The normalized spacial score (nSPS) is 19.5. The van der Waals surface area contributed by atoms with E-state index >= 15 is 0 Å². The molecule has 1 unspecified atom stereocenters. The van der Waals surface area contributed by atoms with Crippen LogP contribution >= 0.6 is 0 Å². The van der Waals surface area contributed by atoms with E-state index in [0.717, 1.165) is 30.8 Å². The number of carboxylic acids is 1. The molecular formula is C14H18O4. The Labute approximate surface area is 107 Å². The number of rotatable bonds is 4. The molecule has 0 bridgehead atoms. The monoisotopic (exact) mass is 250 g/mol. The first-order chi connectivity index (χ1) is 8.66. The van der Waals surface area contributed by atoms with Crippen LogP contribution in [0.25, 0.3) is 0 Å². The van der Waals surface area contributed by atoms with Crippen LogP contribution in [0.1, 0.15) is 35.2 Å². The summed E-state index contributed by atoms with van der Waals surface area (Å²) in [6, 6.07) is 4.90. The fraction of sp³-hybridized carbons (Fsp3) is 0.500. The van der Waals surface area contributed by atoms with Gasteiger partial charge in [-0.1, -0.05) is 0 Å². The average Bonchev–Trinajstić information content (AvgIpc) is 2.38. The summed E-state index contributed by atoms with van der Waals surface area (Å²) in [6.45, 7) is 3.20. The first kappa shape index (κ1) is 12.9. The summed E-state index contributed by atoms with van der Waals surface area (Å²) in [4.78, 5) is 10.8. The van der Waals surface area contributed by atoms with Gasteiger partial charge in [0.05, 0.1) is 11.7 Å². The number of ether oxygens (including phenoxy) is 2. The topological polar surface area (TPSA) is 55.8 Å². The highest BCUT2D eigenvalue weighted by molar-refractivity contribution is 5.88. The summed E-state index contributed by atoms with van der Waals surface area (Å²) in [7, 11) is 0. The summed E-state index contributed by atoms with van der Waals surface area (Å²) in [6.07, 6.45) is 3.51. The summed E-state index contributed by atoms with van der Waals surface area (Å²) in [5.74, 6) is -0.186. The Kier molecular flexibility index (Phi) is 4.20. The second-order valence-corrected chi connectivity index (χ2v) is 4.59. The van der Waals surface area contributed by atoms with Crippen LogP contribution in [0.2, 0.25) is 0 Å². The van der Waals surface area contributed by atoms with Crippen molar-refractivity contribution in [3.63, 3.8) is 0 Å². The molecule has 1 aliphatic rings. The molecule has 1 atom stereocenters. The van der Waals surface area contributed by atoms with Crippen LogP contribution in [0.4, 0.5) is 0 Å². The Bertz CT molecular complexity index is 422. The van der Waals surface area contributed by atoms with Crippen LogP contribution in [0.3, 0.4) is 0 Å². The van der Waals surface area contributed by atoms with E-state index in [4.69, 9.17) is 14.6 Å². The Morgan fingerprint density at radius 2 is 2.33 bits per heavy atom. The van der Waals surface area contributed by atoms with E-state index in [2.05, 4.69) is 0 Å². The molecule has 1 saturated heterocycles. The molecule has 1 N–H and O–H groups in total. The van der Waals surface area contributed by atoms with Crippen LogP contribution in [-0.4, -0.2) is 30.4 Å². The minimum absolute atomic E-state index is 0.164. The lowest BCUT2D eigenvalue weighted by Gasteiger charge is -2.23. The first-order valence-electron chi connectivity index (χ1n) is 6.25. The summed E-state index contributed by atoms with van der Waals surface area (Å²) < 4.78 is 11.3. The second kappa shape index (κ2) is 5.87. The third-order valence-electron chi connectivity index (χ3n) is 3.12.